The highest BCUT2D eigenvalue weighted by Crippen LogP contribution is 2.44. The van der Waals surface area contributed by atoms with Gasteiger partial charge in [0.25, 0.3) is 0 Å². The van der Waals surface area contributed by atoms with E-state index in [1.165, 1.54) is 51.5 Å². The minimum Gasteiger partial charge on any atom is -0.313 e. The zero-order valence-corrected chi connectivity index (χ0v) is 12.3. The van der Waals surface area contributed by atoms with Gasteiger partial charge in [0.1, 0.15) is 0 Å². The van der Waals surface area contributed by atoms with E-state index >= 15 is 0 Å². The van der Waals surface area contributed by atoms with Gasteiger partial charge in [-0.15, -0.1) is 0 Å². The van der Waals surface area contributed by atoms with E-state index in [-0.39, 0.29) is 0 Å². The first-order valence-electron chi connectivity index (χ1n) is 7.62. The molecule has 2 aliphatic carbocycles. The van der Waals surface area contributed by atoms with Gasteiger partial charge in [0.15, 0.2) is 0 Å². The lowest BCUT2D eigenvalue weighted by Gasteiger charge is -2.29. The molecule has 1 N–H and O–H groups in total. The molecule has 2 aliphatic rings. The second kappa shape index (κ2) is 4.91. The maximum Gasteiger partial charge on any atom is 0.00674 e. The first kappa shape index (κ1) is 13.4. The van der Waals surface area contributed by atoms with Gasteiger partial charge in [-0.3, -0.25) is 0 Å². The van der Waals surface area contributed by atoms with Crippen LogP contribution in [0.15, 0.2) is 0 Å². The van der Waals surface area contributed by atoms with Crippen molar-refractivity contribution in [3.8, 4) is 0 Å². The smallest absolute Gasteiger partial charge is 0.00674 e. The Kier molecular flexibility index (Phi) is 3.87. The molecule has 1 heteroatoms. The summed E-state index contributed by atoms with van der Waals surface area (Å²) < 4.78 is 0. The molecule has 2 fully saturated rings. The highest BCUT2D eigenvalue weighted by Gasteiger charge is 2.37. The van der Waals surface area contributed by atoms with Crippen molar-refractivity contribution in [2.75, 3.05) is 6.54 Å². The predicted molar refractivity (Wildman–Crippen MR) is 75.2 cm³/mol. The highest BCUT2D eigenvalue weighted by molar-refractivity contribution is 4.92. The molecule has 0 aromatic rings. The second-order valence-electron chi connectivity index (χ2n) is 7.96. The van der Waals surface area contributed by atoms with Gasteiger partial charge in [0, 0.05) is 12.6 Å². The average molecular weight is 237 g/mol. The molecule has 0 aromatic carbocycles. The van der Waals surface area contributed by atoms with Crippen molar-refractivity contribution < 1.29 is 0 Å². The summed E-state index contributed by atoms with van der Waals surface area (Å²) in [4.78, 5) is 0. The van der Waals surface area contributed by atoms with E-state index < -0.39 is 0 Å². The van der Waals surface area contributed by atoms with Gasteiger partial charge in [-0.1, -0.05) is 34.1 Å². The summed E-state index contributed by atoms with van der Waals surface area (Å²) in [6.07, 6.45) is 9.99. The zero-order valence-electron chi connectivity index (χ0n) is 12.3. The van der Waals surface area contributed by atoms with Crippen LogP contribution in [0, 0.1) is 16.7 Å². The molecule has 0 aromatic heterocycles. The Morgan fingerprint density at radius 1 is 1.06 bits per heavy atom. The molecule has 0 radical (unpaired) electrons. The van der Waals surface area contributed by atoms with Crippen LogP contribution >= 0.6 is 0 Å². The zero-order chi connectivity index (χ0) is 12.5. The van der Waals surface area contributed by atoms with Gasteiger partial charge < -0.3 is 5.32 Å². The molecule has 2 saturated carbocycles. The van der Waals surface area contributed by atoms with Gasteiger partial charge >= 0.3 is 0 Å². The largest absolute Gasteiger partial charge is 0.313 e. The monoisotopic (exact) mass is 237 g/mol. The molecule has 100 valence electrons. The van der Waals surface area contributed by atoms with Gasteiger partial charge in [0.05, 0.1) is 0 Å². The third kappa shape index (κ3) is 3.98. The number of nitrogens with one attached hydrogen (secondary N) is 1. The SMILES string of the molecule is CC1(CNC2CCCC(C(C)(C)C)CC2)CC1. The molecule has 2 rings (SSSR count). The van der Waals surface area contributed by atoms with Crippen LogP contribution in [0.2, 0.25) is 0 Å². The van der Waals surface area contributed by atoms with Crippen molar-refractivity contribution in [2.24, 2.45) is 16.7 Å². The molecular formula is C16H31N. The van der Waals surface area contributed by atoms with Crippen LogP contribution in [0.25, 0.3) is 0 Å². The molecule has 2 unspecified atom stereocenters. The van der Waals surface area contributed by atoms with Crippen LogP contribution in [0.5, 0.6) is 0 Å². The number of rotatable bonds is 3. The lowest BCUT2D eigenvalue weighted by atomic mass is 9.76. The lowest BCUT2D eigenvalue weighted by molar-refractivity contribution is 0.213. The third-order valence-corrected chi connectivity index (χ3v) is 5.11. The first-order chi connectivity index (χ1) is 7.89. The van der Waals surface area contributed by atoms with Crippen LogP contribution in [-0.4, -0.2) is 12.6 Å². The number of hydrogen-bond acceptors (Lipinski definition) is 1. The molecule has 0 heterocycles. The molecular weight excluding hydrogens is 206 g/mol. The molecule has 1 nitrogen and oxygen atoms in total. The van der Waals surface area contributed by atoms with E-state index in [4.69, 9.17) is 0 Å². The van der Waals surface area contributed by atoms with Crippen LogP contribution in [-0.2, 0) is 0 Å². The van der Waals surface area contributed by atoms with Gasteiger partial charge in [-0.25, -0.2) is 0 Å². The normalized spacial score (nSPS) is 33.2. The Hall–Kier alpha value is -0.0400. The third-order valence-electron chi connectivity index (χ3n) is 5.11. The summed E-state index contributed by atoms with van der Waals surface area (Å²) in [6, 6.07) is 0.805. The first-order valence-corrected chi connectivity index (χ1v) is 7.62. The van der Waals surface area contributed by atoms with E-state index in [9.17, 15) is 0 Å². The summed E-state index contributed by atoms with van der Waals surface area (Å²) in [6.45, 7) is 10.9. The van der Waals surface area contributed by atoms with Crippen LogP contribution in [0.3, 0.4) is 0 Å². The molecule has 0 aliphatic heterocycles. The molecule has 2 atom stereocenters. The topological polar surface area (TPSA) is 12.0 Å². The van der Waals surface area contributed by atoms with E-state index in [1.54, 1.807) is 0 Å². The van der Waals surface area contributed by atoms with Crippen molar-refractivity contribution in [3.05, 3.63) is 0 Å². The fourth-order valence-corrected chi connectivity index (χ4v) is 3.15. The molecule has 0 spiro atoms. The van der Waals surface area contributed by atoms with Crippen molar-refractivity contribution in [1.82, 2.24) is 5.32 Å². The fourth-order valence-electron chi connectivity index (χ4n) is 3.15. The van der Waals surface area contributed by atoms with E-state index in [0.717, 1.165) is 12.0 Å². The fraction of sp³-hybridized carbons (Fsp3) is 1.00. The quantitative estimate of drug-likeness (QED) is 0.719. The number of hydrogen-bond donors (Lipinski definition) is 1. The molecule has 0 bridgehead atoms. The van der Waals surface area contributed by atoms with Crippen LogP contribution in [0.1, 0.15) is 72.6 Å². The summed E-state index contributed by atoms with van der Waals surface area (Å²) in [5.41, 5.74) is 1.17. The van der Waals surface area contributed by atoms with E-state index in [0.29, 0.717) is 10.8 Å². The highest BCUT2D eigenvalue weighted by atomic mass is 14.9. The van der Waals surface area contributed by atoms with Crippen LogP contribution in [0.4, 0.5) is 0 Å². The van der Waals surface area contributed by atoms with Crippen molar-refractivity contribution in [1.29, 1.82) is 0 Å². The lowest BCUT2D eigenvalue weighted by Crippen LogP contribution is -2.33. The Morgan fingerprint density at radius 2 is 1.76 bits per heavy atom. The predicted octanol–water partition coefficient (Wildman–Crippen LogP) is 4.37. The van der Waals surface area contributed by atoms with Crippen molar-refractivity contribution in [2.45, 2.75) is 78.7 Å². The maximum absolute atomic E-state index is 3.84. The minimum atomic E-state index is 0.511. The van der Waals surface area contributed by atoms with E-state index in [2.05, 4.69) is 33.0 Å². The Morgan fingerprint density at radius 3 is 2.35 bits per heavy atom. The summed E-state index contributed by atoms with van der Waals surface area (Å²) in [7, 11) is 0. The van der Waals surface area contributed by atoms with Crippen molar-refractivity contribution >= 4 is 0 Å². The maximum atomic E-state index is 3.84. The average Bonchev–Trinajstić information content (AvgIpc) is 2.98. The molecule has 0 amide bonds. The summed E-state index contributed by atoms with van der Waals surface area (Å²) >= 11 is 0. The van der Waals surface area contributed by atoms with Gasteiger partial charge in [0.2, 0.25) is 0 Å². The Balaban J connectivity index is 1.75. The Labute approximate surface area is 108 Å². The minimum absolute atomic E-state index is 0.511. The summed E-state index contributed by atoms with van der Waals surface area (Å²) in [5, 5.41) is 3.84. The van der Waals surface area contributed by atoms with E-state index in [1.807, 2.05) is 0 Å². The van der Waals surface area contributed by atoms with Crippen LogP contribution < -0.4 is 5.32 Å². The molecule has 17 heavy (non-hydrogen) atoms. The standard InChI is InChI=1S/C16H31N/c1-15(2,3)13-6-5-7-14(9-8-13)17-12-16(4)10-11-16/h13-14,17H,5-12H2,1-4H3. The van der Waals surface area contributed by atoms with Gasteiger partial charge in [-0.2, -0.15) is 0 Å². The summed E-state index contributed by atoms with van der Waals surface area (Å²) in [5.74, 6) is 0.936. The second-order valence-corrected chi connectivity index (χ2v) is 7.96. The van der Waals surface area contributed by atoms with Gasteiger partial charge in [-0.05, 0) is 55.3 Å². The van der Waals surface area contributed by atoms with Crippen molar-refractivity contribution in [3.63, 3.8) is 0 Å². The Bertz CT molecular complexity index is 247. The molecule has 0 saturated heterocycles.